The second-order valence-electron chi connectivity index (χ2n) is 4.09. The van der Waals surface area contributed by atoms with Crippen LogP contribution < -0.4 is 0 Å². The monoisotopic (exact) mass is 298 g/mol. The van der Waals surface area contributed by atoms with Crippen molar-refractivity contribution in [2.24, 2.45) is 4.40 Å². The van der Waals surface area contributed by atoms with Crippen molar-refractivity contribution in [3.8, 4) is 0 Å². The van der Waals surface area contributed by atoms with Crippen molar-refractivity contribution < 1.29 is 13.2 Å². The lowest BCUT2D eigenvalue weighted by Gasteiger charge is -2.12. The maximum Gasteiger partial charge on any atom is 0.284 e. The molecular weight excluding hydrogens is 284 g/mol. The van der Waals surface area contributed by atoms with Crippen LogP contribution in [-0.4, -0.2) is 36.7 Å². The number of amides is 1. The number of hydrogen-bond donors (Lipinski definition) is 0. The number of hydrogen-bond acceptors (Lipinski definition) is 4. The Morgan fingerprint density at radius 2 is 1.95 bits per heavy atom. The second-order valence-corrected chi connectivity index (χ2v) is 6.64. The van der Waals surface area contributed by atoms with Gasteiger partial charge in [0, 0.05) is 6.54 Å². The van der Waals surface area contributed by atoms with Gasteiger partial charge in [0.15, 0.2) is 5.17 Å². The summed E-state index contributed by atoms with van der Waals surface area (Å²) >= 11 is 1.16. The average molecular weight is 298 g/mol. The fourth-order valence-corrected chi connectivity index (χ4v) is 3.83. The fraction of sp³-hybridized carbons (Fsp3) is 0.333. The standard InChI is InChI=1S/C12H14N2O3S2/c1-3-14-11(15)8-18-12(14)13-19(16,17)10-6-4-9(2)5-7-10/h4-7H,3,8H2,1-2H3/b13-12+. The van der Waals surface area contributed by atoms with E-state index in [4.69, 9.17) is 0 Å². The Morgan fingerprint density at radius 3 is 2.53 bits per heavy atom. The van der Waals surface area contributed by atoms with E-state index in [0.717, 1.165) is 17.3 Å². The molecule has 0 unspecified atom stereocenters. The molecule has 0 atom stereocenters. The van der Waals surface area contributed by atoms with Crippen LogP contribution in [-0.2, 0) is 14.8 Å². The van der Waals surface area contributed by atoms with Crippen molar-refractivity contribution in [1.82, 2.24) is 4.90 Å². The van der Waals surface area contributed by atoms with Gasteiger partial charge in [-0.05, 0) is 26.0 Å². The van der Waals surface area contributed by atoms with E-state index >= 15 is 0 Å². The van der Waals surface area contributed by atoms with Gasteiger partial charge in [-0.25, -0.2) is 0 Å². The summed E-state index contributed by atoms with van der Waals surface area (Å²) in [6, 6.07) is 6.48. The van der Waals surface area contributed by atoms with Crippen molar-refractivity contribution >= 4 is 32.9 Å². The third-order valence-electron chi connectivity index (χ3n) is 2.69. The van der Waals surface area contributed by atoms with Crippen molar-refractivity contribution in [2.75, 3.05) is 12.3 Å². The third-order valence-corrected chi connectivity index (χ3v) is 5.05. The van der Waals surface area contributed by atoms with E-state index in [1.54, 1.807) is 19.1 Å². The van der Waals surface area contributed by atoms with Crippen LogP contribution in [0.2, 0.25) is 0 Å². The summed E-state index contributed by atoms with van der Waals surface area (Å²) in [5.74, 6) is 0.140. The summed E-state index contributed by atoms with van der Waals surface area (Å²) in [5, 5.41) is 0.257. The normalized spacial score (nSPS) is 18.3. The molecule has 1 heterocycles. The summed E-state index contributed by atoms with van der Waals surface area (Å²) in [5.41, 5.74) is 0.979. The van der Waals surface area contributed by atoms with E-state index in [0.29, 0.717) is 6.54 Å². The molecule has 1 aliphatic heterocycles. The Bertz CT molecular complexity index is 621. The molecule has 0 bridgehead atoms. The van der Waals surface area contributed by atoms with Gasteiger partial charge in [-0.3, -0.25) is 9.69 Å². The Labute approximate surface area is 116 Å². The van der Waals surface area contributed by atoms with Crippen LogP contribution in [0.5, 0.6) is 0 Å². The predicted octanol–water partition coefficient (Wildman–Crippen LogP) is 1.64. The minimum Gasteiger partial charge on any atom is -0.290 e. The number of amidine groups is 1. The summed E-state index contributed by atoms with van der Waals surface area (Å²) < 4.78 is 28.0. The molecule has 1 fully saturated rings. The molecule has 0 N–H and O–H groups in total. The number of thioether (sulfide) groups is 1. The van der Waals surface area contributed by atoms with Gasteiger partial charge in [0.1, 0.15) is 0 Å². The van der Waals surface area contributed by atoms with Crippen molar-refractivity contribution in [2.45, 2.75) is 18.7 Å². The first-order valence-electron chi connectivity index (χ1n) is 5.79. The van der Waals surface area contributed by atoms with Gasteiger partial charge in [0.2, 0.25) is 5.91 Å². The zero-order chi connectivity index (χ0) is 14.0. The van der Waals surface area contributed by atoms with Gasteiger partial charge in [-0.15, -0.1) is 4.40 Å². The molecule has 2 rings (SSSR count). The smallest absolute Gasteiger partial charge is 0.284 e. The topological polar surface area (TPSA) is 66.8 Å². The minimum absolute atomic E-state index is 0.106. The maximum atomic E-state index is 12.1. The van der Waals surface area contributed by atoms with E-state index in [9.17, 15) is 13.2 Å². The van der Waals surface area contributed by atoms with Gasteiger partial charge >= 0.3 is 0 Å². The number of aryl methyl sites for hydroxylation is 1. The first-order chi connectivity index (χ1) is 8.94. The van der Waals surface area contributed by atoms with Gasteiger partial charge in [0.05, 0.1) is 10.6 Å². The molecular formula is C12H14N2O3S2. The number of rotatable bonds is 3. The van der Waals surface area contributed by atoms with E-state index in [-0.39, 0.29) is 21.7 Å². The molecule has 5 nitrogen and oxygen atoms in total. The Morgan fingerprint density at radius 1 is 1.32 bits per heavy atom. The molecule has 1 aliphatic rings. The number of sulfonamides is 1. The van der Waals surface area contributed by atoms with Crippen LogP contribution in [0, 0.1) is 6.92 Å². The summed E-state index contributed by atoms with van der Waals surface area (Å²) in [4.78, 5) is 13.0. The Hall–Kier alpha value is -1.34. The first-order valence-corrected chi connectivity index (χ1v) is 8.21. The summed E-state index contributed by atoms with van der Waals surface area (Å²) in [6.45, 7) is 4.10. The lowest BCUT2D eigenvalue weighted by Crippen LogP contribution is -2.29. The zero-order valence-electron chi connectivity index (χ0n) is 10.7. The highest BCUT2D eigenvalue weighted by molar-refractivity contribution is 8.15. The van der Waals surface area contributed by atoms with Crippen molar-refractivity contribution in [3.63, 3.8) is 0 Å². The van der Waals surface area contributed by atoms with E-state index in [2.05, 4.69) is 4.40 Å². The Kier molecular flexibility index (Phi) is 3.96. The van der Waals surface area contributed by atoms with Gasteiger partial charge in [-0.2, -0.15) is 8.42 Å². The van der Waals surface area contributed by atoms with Crippen LogP contribution in [0.25, 0.3) is 0 Å². The van der Waals surface area contributed by atoms with Crippen LogP contribution in [0.4, 0.5) is 0 Å². The molecule has 102 valence electrons. The van der Waals surface area contributed by atoms with E-state index in [1.807, 2.05) is 6.92 Å². The molecule has 1 aromatic carbocycles. The molecule has 1 aromatic rings. The van der Waals surface area contributed by atoms with Crippen LogP contribution >= 0.6 is 11.8 Å². The van der Waals surface area contributed by atoms with Crippen LogP contribution in [0.3, 0.4) is 0 Å². The molecule has 1 saturated heterocycles. The quantitative estimate of drug-likeness (QED) is 0.850. The van der Waals surface area contributed by atoms with E-state index < -0.39 is 10.0 Å². The molecule has 0 aromatic heterocycles. The van der Waals surface area contributed by atoms with Gasteiger partial charge in [0.25, 0.3) is 10.0 Å². The molecule has 0 aliphatic carbocycles. The maximum absolute atomic E-state index is 12.1. The first kappa shape index (κ1) is 14.1. The number of nitrogens with zero attached hydrogens (tertiary/aromatic N) is 2. The number of carbonyl (C=O) groups is 1. The van der Waals surface area contributed by atoms with Crippen molar-refractivity contribution in [1.29, 1.82) is 0 Å². The number of benzene rings is 1. The third kappa shape index (κ3) is 2.98. The van der Waals surface area contributed by atoms with Crippen LogP contribution in [0.15, 0.2) is 33.6 Å². The summed E-state index contributed by atoms with van der Waals surface area (Å²) in [6.07, 6.45) is 0. The lowest BCUT2D eigenvalue weighted by atomic mass is 10.2. The van der Waals surface area contributed by atoms with Gasteiger partial charge < -0.3 is 0 Å². The van der Waals surface area contributed by atoms with Crippen LogP contribution in [0.1, 0.15) is 12.5 Å². The largest absolute Gasteiger partial charge is 0.290 e. The molecule has 0 radical (unpaired) electrons. The molecule has 0 saturated carbocycles. The van der Waals surface area contributed by atoms with Gasteiger partial charge in [-0.1, -0.05) is 29.5 Å². The second kappa shape index (κ2) is 5.34. The van der Waals surface area contributed by atoms with E-state index in [1.165, 1.54) is 17.0 Å². The molecule has 19 heavy (non-hydrogen) atoms. The minimum atomic E-state index is -3.75. The SMILES string of the molecule is CCN1C(=O)CS/C1=N/S(=O)(=O)c1ccc(C)cc1. The highest BCUT2D eigenvalue weighted by Crippen LogP contribution is 2.22. The molecule has 7 heteroatoms. The van der Waals surface area contributed by atoms with Crippen molar-refractivity contribution in [3.05, 3.63) is 29.8 Å². The zero-order valence-corrected chi connectivity index (χ0v) is 12.3. The molecule has 0 spiro atoms. The molecule has 1 amide bonds. The highest BCUT2D eigenvalue weighted by atomic mass is 32.2. The fourth-order valence-electron chi connectivity index (χ4n) is 1.64. The highest BCUT2D eigenvalue weighted by Gasteiger charge is 2.29. The summed E-state index contributed by atoms with van der Waals surface area (Å²) in [7, 11) is -3.75. The number of carbonyl (C=O) groups excluding carboxylic acids is 1. The lowest BCUT2D eigenvalue weighted by molar-refractivity contribution is -0.123. The predicted molar refractivity (Wildman–Crippen MR) is 75.6 cm³/mol. The Balaban J connectivity index is 2.36. The average Bonchev–Trinajstić information content (AvgIpc) is 2.69.